The van der Waals surface area contributed by atoms with E-state index in [0.29, 0.717) is 11.8 Å². The van der Waals surface area contributed by atoms with Crippen molar-refractivity contribution in [3.63, 3.8) is 0 Å². The van der Waals surface area contributed by atoms with Crippen LogP contribution in [0.15, 0.2) is 35.9 Å². The van der Waals surface area contributed by atoms with Crippen molar-refractivity contribution in [1.29, 1.82) is 0 Å². The van der Waals surface area contributed by atoms with Crippen LogP contribution in [0, 0.1) is 11.8 Å². The Morgan fingerprint density at radius 3 is 1.88 bits per heavy atom. The Morgan fingerprint density at radius 1 is 0.840 bits per heavy atom. The van der Waals surface area contributed by atoms with Gasteiger partial charge in [-0.2, -0.15) is 0 Å². The summed E-state index contributed by atoms with van der Waals surface area (Å²) in [6.07, 6.45) is 4.20. The van der Waals surface area contributed by atoms with Crippen LogP contribution in [0.5, 0.6) is 11.5 Å². The minimum Gasteiger partial charge on any atom is -0.492 e. The first kappa shape index (κ1) is 17.8. The van der Waals surface area contributed by atoms with E-state index in [9.17, 15) is 0 Å². The minimum absolute atomic E-state index is 0.506. The highest BCUT2D eigenvalue weighted by atomic mass is 16.5. The lowest BCUT2D eigenvalue weighted by molar-refractivity contribution is 0.264. The average molecular weight is 338 g/mol. The molecular weight excluding hydrogens is 308 g/mol. The van der Waals surface area contributed by atoms with Crippen molar-refractivity contribution in [2.45, 2.75) is 47.5 Å². The van der Waals surface area contributed by atoms with Crippen molar-refractivity contribution in [2.75, 3.05) is 13.2 Å². The number of allylic oxidation sites excluding steroid dienone is 2. The Labute approximate surface area is 151 Å². The molecule has 25 heavy (non-hydrogen) atoms. The Bertz CT molecular complexity index is 784. The van der Waals surface area contributed by atoms with Gasteiger partial charge in [-0.05, 0) is 31.6 Å². The molecule has 0 N–H and O–H groups in total. The van der Waals surface area contributed by atoms with Crippen molar-refractivity contribution in [2.24, 2.45) is 11.8 Å². The van der Waals surface area contributed by atoms with Gasteiger partial charge in [0.1, 0.15) is 11.5 Å². The van der Waals surface area contributed by atoms with Crippen LogP contribution in [-0.4, -0.2) is 13.2 Å². The van der Waals surface area contributed by atoms with Crippen LogP contribution in [0.1, 0.15) is 45.7 Å². The molecule has 1 aliphatic carbocycles. The largest absolute Gasteiger partial charge is 0.492 e. The lowest BCUT2D eigenvalue weighted by Gasteiger charge is -2.25. The smallest absolute Gasteiger partial charge is 0.131 e. The molecule has 3 rings (SSSR count). The van der Waals surface area contributed by atoms with Gasteiger partial charge in [0.25, 0.3) is 0 Å². The van der Waals surface area contributed by atoms with Gasteiger partial charge in [-0.3, -0.25) is 0 Å². The van der Waals surface area contributed by atoms with Gasteiger partial charge in [-0.1, -0.05) is 63.6 Å². The number of rotatable bonds is 6. The number of benzene rings is 2. The SMILES string of the molecule is CC1=CCc2c(c(OCC(C)C)c3ccccc3c2OCC(C)C)C1. The highest BCUT2D eigenvalue weighted by molar-refractivity contribution is 5.96. The first-order valence-electron chi connectivity index (χ1n) is 9.45. The molecule has 0 bridgehead atoms. The summed E-state index contributed by atoms with van der Waals surface area (Å²) in [6.45, 7) is 12.5. The van der Waals surface area contributed by atoms with Crippen LogP contribution in [0.25, 0.3) is 10.8 Å². The van der Waals surface area contributed by atoms with E-state index < -0.39 is 0 Å². The van der Waals surface area contributed by atoms with Gasteiger partial charge >= 0.3 is 0 Å². The topological polar surface area (TPSA) is 18.5 Å². The summed E-state index contributed by atoms with van der Waals surface area (Å²) >= 11 is 0. The summed E-state index contributed by atoms with van der Waals surface area (Å²) in [7, 11) is 0. The molecule has 0 unspecified atom stereocenters. The van der Waals surface area contributed by atoms with Gasteiger partial charge in [0.15, 0.2) is 0 Å². The van der Waals surface area contributed by atoms with Gasteiger partial charge in [-0.15, -0.1) is 0 Å². The van der Waals surface area contributed by atoms with E-state index in [2.05, 4.69) is 65.0 Å². The maximum atomic E-state index is 6.33. The lowest BCUT2D eigenvalue weighted by atomic mass is 9.87. The zero-order valence-electron chi connectivity index (χ0n) is 16.2. The van der Waals surface area contributed by atoms with Crippen LogP contribution in [-0.2, 0) is 12.8 Å². The Kier molecular flexibility index (Phi) is 5.36. The second-order valence-corrected chi connectivity index (χ2v) is 8.00. The van der Waals surface area contributed by atoms with Crippen molar-refractivity contribution in [3.8, 4) is 11.5 Å². The summed E-state index contributed by atoms with van der Waals surface area (Å²) in [5.74, 6) is 3.13. The molecule has 0 aliphatic heterocycles. The van der Waals surface area contributed by atoms with Crippen molar-refractivity contribution >= 4 is 10.8 Å². The highest BCUT2D eigenvalue weighted by Crippen LogP contribution is 2.44. The molecule has 2 heteroatoms. The van der Waals surface area contributed by atoms with E-state index in [1.165, 1.54) is 27.5 Å². The molecule has 0 atom stereocenters. The third-order valence-corrected chi connectivity index (χ3v) is 4.56. The van der Waals surface area contributed by atoms with Crippen LogP contribution < -0.4 is 9.47 Å². The van der Waals surface area contributed by atoms with E-state index in [1.54, 1.807) is 0 Å². The van der Waals surface area contributed by atoms with Crippen LogP contribution in [0.4, 0.5) is 0 Å². The van der Waals surface area contributed by atoms with Crippen molar-refractivity contribution in [1.82, 2.24) is 0 Å². The standard InChI is InChI=1S/C23H30O2/c1-15(2)13-24-22-18-8-6-7-9-19(18)23(25-14-16(3)4)21-12-17(5)10-11-20(21)22/h6-10,15-16H,11-14H2,1-5H3. The number of hydrogen-bond acceptors (Lipinski definition) is 2. The highest BCUT2D eigenvalue weighted by Gasteiger charge is 2.23. The normalized spacial score (nSPS) is 14.0. The van der Waals surface area contributed by atoms with Crippen molar-refractivity contribution in [3.05, 3.63) is 47.0 Å². The quantitative estimate of drug-likeness (QED) is 0.606. The van der Waals surface area contributed by atoms with Crippen LogP contribution in [0.2, 0.25) is 0 Å². The molecule has 2 aromatic rings. The maximum Gasteiger partial charge on any atom is 0.131 e. The summed E-state index contributed by atoms with van der Waals surface area (Å²) in [6, 6.07) is 8.52. The second kappa shape index (κ2) is 7.51. The molecule has 0 spiro atoms. The average Bonchev–Trinajstić information content (AvgIpc) is 2.57. The first-order valence-corrected chi connectivity index (χ1v) is 9.45. The van der Waals surface area contributed by atoms with Crippen molar-refractivity contribution < 1.29 is 9.47 Å². The molecule has 0 amide bonds. The van der Waals surface area contributed by atoms with E-state index in [4.69, 9.17) is 9.47 Å². The Morgan fingerprint density at radius 2 is 1.36 bits per heavy atom. The van der Waals surface area contributed by atoms with Gasteiger partial charge in [0, 0.05) is 21.9 Å². The zero-order chi connectivity index (χ0) is 18.0. The lowest BCUT2D eigenvalue weighted by Crippen LogP contribution is -2.13. The third-order valence-electron chi connectivity index (χ3n) is 4.56. The molecular formula is C23H30O2. The molecule has 1 aliphatic rings. The molecule has 134 valence electrons. The molecule has 0 fully saturated rings. The fourth-order valence-electron chi connectivity index (χ4n) is 3.34. The molecule has 2 aromatic carbocycles. The number of fused-ring (bicyclic) bond motifs is 2. The fourth-order valence-corrected chi connectivity index (χ4v) is 3.34. The minimum atomic E-state index is 0.506. The second-order valence-electron chi connectivity index (χ2n) is 8.00. The third kappa shape index (κ3) is 3.84. The summed E-state index contributed by atoms with van der Waals surface area (Å²) in [5.41, 5.74) is 4.04. The summed E-state index contributed by atoms with van der Waals surface area (Å²) < 4.78 is 12.6. The maximum absolute atomic E-state index is 6.33. The Hall–Kier alpha value is -1.96. The van der Waals surface area contributed by atoms with Gasteiger partial charge in [0.05, 0.1) is 13.2 Å². The van der Waals surface area contributed by atoms with E-state index in [-0.39, 0.29) is 0 Å². The van der Waals surface area contributed by atoms with E-state index >= 15 is 0 Å². The molecule has 0 heterocycles. The first-order chi connectivity index (χ1) is 12.0. The molecule has 0 aromatic heterocycles. The molecule has 2 nitrogen and oxygen atoms in total. The predicted molar refractivity (Wildman–Crippen MR) is 106 cm³/mol. The van der Waals surface area contributed by atoms with E-state index in [0.717, 1.165) is 37.6 Å². The van der Waals surface area contributed by atoms with E-state index in [1.807, 2.05) is 0 Å². The summed E-state index contributed by atoms with van der Waals surface area (Å²) in [5, 5.41) is 2.35. The summed E-state index contributed by atoms with van der Waals surface area (Å²) in [4.78, 5) is 0. The fraction of sp³-hybridized carbons (Fsp3) is 0.478. The van der Waals surface area contributed by atoms with Gasteiger partial charge in [0.2, 0.25) is 0 Å². The van der Waals surface area contributed by atoms with Crippen LogP contribution >= 0.6 is 0 Å². The number of hydrogen-bond donors (Lipinski definition) is 0. The molecule has 0 saturated carbocycles. The molecule has 0 saturated heterocycles. The monoisotopic (exact) mass is 338 g/mol. The van der Waals surface area contributed by atoms with Gasteiger partial charge < -0.3 is 9.47 Å². The predicted octanol–water partition coefficient (Wildman–Crippen LogP) is 5.95. The molecule has 0 radical (unpaired) electrons. The zero-order valence-corrected chi connectivity index (χ0v) is 16.2. The van der Waals surface area contributed by atoms with Crippen LogP contribution in [0.3, 0.4) is 0 Å². The number of ether oxygens (including phenoxy) is 2. The Balaban J connectivity index is 2.18. The van der Waals surface area contributed by atoms with Gasteiger partial charge in [-0.25, -0.2) is 0 Å².